The van der Waals surface area contributed by atoms with Crippen LogP contribution < -0.4 is 10.2 Å². The summed E-state index contributed by atoms with van der Waals surface area (Å²) >= 11 is 0. The van der Waals surface area contributed by atoms with Crippen molar-refractivity contribution in [2.45, 2.75) is 37.9 Å². The largest absolute Gasteiger partial charge is 0.416 e. The maximum absolute atomic E-state index is 14.1. The average molecular weight is 553 g/mol. The van der Waals surface area contributed by atoms with Crippen molar-refractivity contribution in [2.75, 3.05) is 31.2 Å². The summed E-state index contributed by atoms with van der Waals surface area (Å²) in [5.74, 6) is -0.560. The fraction of sp³-hybridized carbons (Fsp3) is 0.379. The van der Waals surface area contributed by atoms with Crippen LogP contribution >= 0.6 is 0 Å². The molecule has 2 atom stereocenters. The van der Waals surface area contributed by atoms with E-state index in [0.29, 0.717) is 49.4 Å². The molecule has 2 aliphatic heterocycles. The Hall–Kier alpha value is -4.17. The first-order valence-electron chi connectivity index (χ1n) is 13.1. The van der Waals surface area contributed by atoms with Gasteiger partial charge >= 0.3 is 12.2 Å². The molecule has 40 heavy (non-hydrogen) atoms. The van der Waals surface area contributed by atoms with Gasteiger partial charge in [0.25, 0.3) is 0 Å². The summed E-state index contributed by atoms with van der Waals surface area (Å²) in [5.41, 5.74) is 0.535. The predicted molar refractivity (Wildman–Crippen MR) is 138 cm³/mol. The van der Waals surface area contributed by atoms with Gasteiger partial charge in [-0.1, -0.05) is 18.2 Å². The Bertz CT molecular complexity index is 1390. The Morgan fingerprint density at radius 1 is 1.12 bits per heavy atom. The van der Waals surface area contributed by atoms with Gasteiger partial charge < -0.3 is 15.0 Å². The number of anilines is 1. The van der Waals surface area contributed by atoms with E-state index in [0.717, 1.165) is 23.5 Å². The molecule has 0 bridgehead atoms. The molecule has 2 aromatic carbocycles. The van der Waals surface area contributed by atoms with Crippen molar-refractivity contribution in [2.24, 2.45) is 5.92 Å². The van der Waals surface area contributed by atoms with Gasteiger partial charge in [0.1, 0.15) is 6.54 Å². The molecule has 3 amide bonds. The fourth-order valence-electron chi connectivity index (χ4n) is 5.45. The third kappa shape index (κ3) is 5.45. The Balaban J connectivity index is 1.59. The molecule has 2 aromatic rings. The van der Waals surface area contributed by atoms with E-state index in [2.05, 4.69) is 5.32 Å². The molecule has 1 saturated heterocycles. The van der Waals surface area contributed by atoms with Crippen LogP contribution in [0.4, 0.5) is 23.7 Å². The van der Waals surface area contributed by atoms with Crippen molar-refractivity contribution < 1.29 is 32.3 Å². The van der Waals surface area contributed by atoms with E-state index in [1.165, 1.54) is 17.0 Å². The standard InChI is InChI=1S/C29H27F3N4O4/c30-29(31,32)21-3-1-4-22(13-21)36-23-5-2-6-24(37)26(23)27(20-9-7-18(14-33)8-10-20)35(28(36)39)16-25(38)34-15-19-11-12-40-17-19/h1,3-4,7-10,13,19,27H,2,5-6,11-12,15-17H2,(H,34,38). The van der Waals surface area contributed by atoms with Crippen LogP contribution in [0.1, 0.15) is 48.4 Å². The number of benzene rings is 2. The van der Waals surface area contributed by atoms with Gasteiger partial charge in [0, 0.05) is 36.8 Å². The zero-order chi connectivity index (χ0) is 28.4. The van der Waals surface area contributed by atoms with E-state index in [9.17, 15) is 32.8 Å². The Morgan fingerprint density at radius 3 is 2.58 bits per heavy atom. The molecule has 2 heterocycles. The number of amides is 3. The molecule has 3 aliphatic rings. The summed E-state index contributed by atoms with van der Waals surface area (Å²) in [5, 5.41) is 12.1. The van der Waals surface area contributed by atoms with Gasteiger partial charge in [-0.05, 0) is 55.2 Å². The SMILES string of the molecule is N#Cc1ccc(C2C3=C(CCCC3=O)N(c3cccc(C(F)(F)F)c3)C(=O)N2CC(=O)NCC2CCOC2)cc1. The fourth-order valence-corrected chi connectivity index (χ4v) is 5.45. The summed E-state index contributed by atoms with van der Waals surface area (Å²) in [6, 6.07) is 11.2. The number of ether oxygens (including phenoxy) is 1. The third-order valence-corrected chi connectivity index (χ3v) is 7.43. The van der Waals surface area contributed by atoms with Crippen molar-refractivity contribution >= 4 is 23.4 Å². The molecule has 0 radical (unpaired) electrons. The van der Waals surface area contributed by atoms with E-state index >= 15 is 0 Å². The summed E-state index contributed by atoms with van der Waals surface area (Å²) in [7, 11) is 0. The van der Waals surface area contributed by atoms with Crippen LogP contribution in [-0.4, -0.2) is 48.9 Å². The summed E-state index contributed by atoms with van der Waals surface area (Å²) < 4.78 is 46.1. The van der Waals surface area contributed by atoms with Crippen molar-refractivity contribution in [1.82, 2.24) is 10.2 Å². The highest BCUT2D eigenvalue weighted by molar-refractivity contribution is 6.07. The molecule has 0 aromatic heterocycles. The lowest BCUT2D eigenvalue weighted by molar-refractivity contribution is -0.137. The second-order valence-electron chi connectivity index (χ2n) is 10.1. The number of halogens is 3. The number of hydrogen-bond donors (Lipinski definition) is 1. The molecule has 1 aliphatic carbocycles. The average Bonchev–Trinajstić information content (AvgIpc) is 3.46. The Labute approximate surface area is 229 Å². The van der Waals surface area contributed by atoms with E-state index < -0.39 is 36.3 Å². The predicted octanol–water partition coefficient (Wildman–Crippen LogP) is 4.72. The molecule has 5 rings (SSSR count). The molecule has 0 saturated carbocycles. The van der Waals surface area contributed by atoms with Crippen molar-refractivity contribution in [1.29, 1.82) is 5.26 Å². The van der Waals surface area contributed by atoms with Crippen LogP contribution in [0.25, 0.3) is 0 Å². The van der Waals surface area contributed by atoms with Crippen LogP contribution in [0, 0.1) is 17.2 Å². The molecular formula is C29H27F3N4O4. The summed E-state index contributed by atoms with van der Waals surface area (Å²) in [4.78, 5) is 43.0. The third-order valence-electron chi connectivity index (χ3n) is 7.43. The van der Waals surface area contributed by atoms with Crippen LogP contribution in [0.5, 0.6) is 0 Å². The minimum absolute atomic E-state index is 0.0335. The number of alkyl halides is 3. The van der Waals surface area contributed by atoms with Gasteiger partial charge in [-0.15, -0.1) is 0 Å². The molecule has 208 valence electrons. The quantitative estimate of drug-likeness (QED) is 0.559. The minimum Gasteiger partial charge on any atom is -0.381 e. The topological polar surface area (TPSA) is 103 Å². The Morgan fingerprint density at radius 2 is 1.90 bits per heavy atom. The maximum atomic E-state index is 14.1. The van der Waals surface area contributed by atoms with Crippen LogP contribution in [0.2, 0.25) is 0 Å². The lowest BCUT2D eigenvalue weighted by Crippen LogP contribution is -2.54. The molecule has 8 nitrogen and oxygen atoms in total. The number of nitriles is 1. The number of carbonyl (C=O) groups excluding carboxylic acids is 3. The normalized spacial score (nSPS) is 21.4. The first-order chi connectivity index (χ1) is 19.2. The zero-order valence-electron chi connectivity index (χ0n) is 21.5. The molecule has 1 fully saturated rings. The van der Waals surface area contributed by atoms with Crippen molar-refractivity contribution in [3.8, 4) is 6.07 Å². The van der Waals surface area contributed by atoms with Gasteiger partial charge in [-0.3, -0.25) is 14.5 Å². The van der Waals surface area contributed by atoms with Gasteiger partial charge in [-0.2, -0.15) is 18.4 Å². The lowest BCUT2D eigenvalue weighted by Gasteiger charge is -2.45. The smallest absolute Gasteiger partial charge is 0.381 e. The van der Waals surface area contributed by atoms with Gasteiger partial charge in [-0.25, -0.2) is 4.79 Å². The van der Waals surface area contributed by atoms with E-state index in [1.807, 2.05) is 6.07 Å². The molecule has 11 heteroatoms. The number of carbonyl (C=O) groups is 3. The van der Waals surface area contributed by atoms with Crippen LogP contribution in [0.15, 0.2) is 59.8 Å². The minimum atomic E-state index is -4.64. The summed E-state index contributed by atoms with van der Waals surface area (Å²) in [6.07, 6.45) is -2.90. The maximum Gasteiger partial charge on any atom is 0.416 e. The Kier molecular flexibility index (Phi) is 7.63. The van der Waals surface area contributed by atoms with Crippen LogP contribution in [0.3, 0.4) is 0 Å². The number of urea groups is 1. The van der Waals surface area contributed by atoms with Gasteiger partial charge in [0.15, 0.2) is 5.78 Å². The highest BCUT2D eigenvalue weighted by atomic mass is 19.4. The number of nitrogens with zero attached hydrogens (tertiary/aromatic N) is 3. The number of allylic oxidation sites excluding steroid dienone is 1. The highest BCUT2D eigenvalue weighted by Gasteiger charge is 2.45. The lowest BCUT2D eigenvalue weighted by atomic mass is 9.83. The second kappa shape index (κ2) is 11.1. The van der Waals surface area contributed by atoms with Crippen LogP contribution in [-0.2, 0) is 20.5 Å². The monoisotopic (exact) mass is 552 g/mol. The number of rotatable bonds is 6. The molecule has 0 spiro atoms. The summed E-state index contributed by atoms with van der Waals surface area (Å²) in [6.45, 7) is 1.06. The number of Topliss-reactive ketones (excluding diaryl/α,β-unsaturated/α-hetero) is 1. The number of nitrogens with one attached hydrogen (secondary N) is 1. The molecule has 1 N–H and O–H groups in total. The number of ketones is 1. The van der Waals surface area contributed by atoms with Crippen molar-refractivity contribution in [3.63, 3.8) is 0 Å². The van der Waals surface area contributed by atoms with E-state index in [-0.39, 0.29) is 29.4 Å². The molecular weight excluding hydrogens is 525 g/mol. The second-order valence-corrected chi connectivity index (χ2v) is 10.1. The first kappa shape index (κ1) is 27.4. The number of hydrogen-bond acceptors (Lipinski definition) is 5. The van der Waals surface area contributed by atoms with E-state index in [4.69, 9.17) is 4.74 Å². The van der Waals surface area contributed by atoms with E-state index in [1.54, 1.807) is 24.3 Å². The first-order valence-corrected chi connectivity index (χ1v) is 13.1. The zero-order valence-corrected chi connectivity index (χ0v) is 21.5. The van der Waals surface area contributed by atoms with Crippen molar-refractivity contribution in [3.05, 3.63) is 76.5 Å². The highest BCUT2D eigenvalue weighted by Crippen LogP contribution is 2.44. The van der Waals surface area contributed by atoms with Gasteiger partial charge in [0.05, 0.1) is 35.5 Å². The van der Waals surface area contributed by atoms with Gasteiger partial charge in [0.2, 0.25) is 5.91 Å². The molecule has 2 unspecified atom stereocenters.